The lowest BCUT2D eigenvalue weighted by Gasteiger charge is -2.15. The summed E-state index contributed by atoms with van der Waals surface area (Å²) in [5, 5.41) is 5.50. The van der Waals surface area contributed by atoms with E-state index in [-0.39, 0.29) is 11.9 Å². The number of amides is 1. The Balaban J connectivity index is 1.66. The van der Waals surface area contributed by atoms with Crippen molar-refractivity contribution < 1.29 is 4.79 Å². The zero-order valence-corrected chi connectivity index (χ0v) is 22.7. The lowest BCUT2D eigenvalue weighted by atomic mass is 9.93. The standard InChI is InChI=1S/C29H37N7O/c1-19(2)22-14-21(15-23(16-22)20(3)4)9-10-25-27-28(30)31-18-32-29(27)36(33-25)24-11-13-35(17-24)26(37)8-7-12-34(5)6/h7-8,14-16,18-20,24H,11-13,17H2,1-6H3,(H2,30,31,32). The van der Waals surface area contributed by atoms with Gasteiger partial charge in [0.05, 0.1) is 11.4 Å². The smallest absolute Gasteiger partial charge is 0.246 e. The fourth-order valence-electron chi connectivity index (χ4n) is 4.50. The van der Waals surface area contributed by atoms with E-state index >= 15 is 0 Å². The Hall–Kier alpha value is -3.70. The summed E-state index contributed by atoms with van der Waals surface area (Å²) in [6.45, 7) is 10.7. The van der Waals surface area contributed by atoms with Crippen molar-refractivity contribution in [2.24, 2.45) is 0 Å². The highest BCUT2D eigenvalue weighted by atomic mass is 16.2. The molecule has 2 aromatic heterocycles. The lowest BCUT2D eigenvalue weighted by Crippen LogP contribution is -2.28. The average Bonchev–Trinajstić information content (AvgIpc) is 3.48. The van der Waals surface area contributed by atoms with E-state index in [2.05, 4.69) is 67.7 Å². The van der Waals surface area contributed by atoms with E-state index in [0.717, 1.165) is 18.5 Å². The van der Waals surface area contributed by atoms with Gasteiger partial charge in [-0.2, -0.15) is 5.10 Å². The van der Waals surface area contributed by atoms with Crippen LogP contribution in [0, 0.1) is 11.8 Å². The van der Waals surface area contributed by atoms with Crippen LogP contribution in [0.2, 0.25) is 0 Å². The summed E-state index contributed by atoms with van der Waals surface area (Å²) in [5.41, 5.74) is 11.0. The van der Waals surface area contributed by atoms with E-state index in [0.29, 0.717) is 47.5 Å². The first kappa shape index (κ1) is 26.4. The summed E-state index contributed by atoms with van der Waals surface area (Å²) < 4.78 is 1.87. The fraction of sp³-hybridized carbons (Fsp3) is 0.448. The van der Waals surface area contributed by atoms with Crippen molar-refractivity contribution in [1.82, 2.24) is 29.5 Å². The number of hydrogen-bond donors (Lipinski definition) is 1. The first-order valence-electron chi connectivity index (χ1n) is 12.9. The van der Waals surface area contributed by atoms with Crippen LogP contribution < -0.4 is 5.73 Å². The monoisotopic (exact) mass is 499 g/mol. The van der Waals surface area contributed by atoms with Gasteiger partial charge in [-0.25, -0.2) is 14.6 Å². The van der Waals surface area contributed by atoms with Crippen molar-refractivity contribution in [3.05, 3.63) is 59.1 Å². The molecule has 1 aromatic carbocycles. The molecule has 0 spiro atoms. The molecule has 1 aliphatic rings. The van der Waals surface area contributed by atoms with Gasteiger partial charge in [-0.15, -0.1) is 0 Å². The number of hydrogen-bond acceptors (Lipinski definition) is 6. The van der Waals surface area contributed by atoms with Gasteiger partial charge in [-0.1, -0.05) is 45.8 Å². The molecule has 4 rings (SSSR count). The Morgan fingerprint density at radius 1 is 1.14 bits per heavy atom. The van der Waals surface area contributed by atoms with Crippen LogP contribution in [0.1, 0.15) is 74.4 Å². The highest BCUT2D eigenvalue weighted by Gasteiger charge is 2.29. The highest BCUT2D eigenvalue weighted by Crippen LogP contribution is 2.29. The first-order valence-corrected chi connectivity index (χ1v) is 12.9. The van der Waals surface area contributed by atoms with Crippen molar-refractivity contribution in [3.63, 3.8) is 0 Å². The molecule has 1 saturated heterocycles. The van der Waals surface area contributed by atoms with Gasteiger partial charge >= 0.3 is 0 Å². The second-order valence-electron chi connectivity index (χ2n) is 10.6. The third-order valence-corrected chi connectivity index (χ3v) is 6.71. The highest BCUT2D eigenvalue weighted by molar-refractivity contribution is 5.91. The molecule has 0 aliphatic carbocycles. The molecule has 1 amide bonds. The summed E-state index contributed by atoms with van der Waals surface area (Å²) in [7, 11) is 3.95. The minimum Gasteiger partial charge on any atom is -0.383 e. The summed E-state index contributed by atoms with van der Waals surface area (Å²) in [4.78, 5) is 25.2. The largest absolute Gasteiger partial charge is 0.383 e. The van der Waals surface area contributed by atoms with Crippen LogP contribution in [-0.4, -0.2) is 69.2 Å². The molecule has 8 heteroatoms. The van der Waals surface area contributed by atoms with Crippen LogP contribution in [0.25, 0.3) is 11.0 Å². The van der Waals surface area contributed by atoms with E-state index in [4.69, 9.17) is 10.8 Å². The molecule has 1 atom stereocenters. The Bertz CT molecular complexity index is 1350. The molecule has 1 aliphatic heterocycles. The fourth-order valence-corrected chi connectivity index (χ4v) is 4.50. The van der Waals surface area contributed by atoms with E-state index in [1.165, 1.54) is 17.5 Å². The molecule has 3 aromatic rings. The second kappa shape index (κ2) is 11.1. The van der Waals surface area contributed by atoms with Gasteiger partial charge in [0.15, 0.2) is 5.65 Å². The van der Waals surface area contributed by atoms with Crippen LogP contribution in [0.4, 0.5) is 5.82 Å². The number of benzene rings is 1. The van der Waals surface area contributed by atoms with Gasteiger partial charge in [0.2, 0.25) is 5.91 Å². The maximum atomic E-state index is 12.7. The van der Waals surface area contributed by atoms with Gasteiger partial charge in [0.25, 0.3) is 0 Å². The normalized spacial score (nSPS) is 15.9. The minimum atomic E-state index is -0.00430. The summed E-state index contributed by atoms with van der Waals surface area (Å²) in [6.07, 6.45) is 5.78. The van der Waals surface area contributed by atoms with E-state index in [1.54, 1.807) is 6.08 Å². The zero-order chi connectivity index (χ0) is 26.7. The molecular formula is C29H37N7O. The van der Waals surface area contributed by atoms with E-state index in [1.807, 2.05) is 34.7 Å². The third kappa shape index (κ3) is 6.00. The molecule has 3 heterocycles. The molecule has 0 radical (unpaired) electrons. The van der Waals surface area contributed by atoms with Crippen molar-refractivity contribution in [3.8, 4) is 11.8 Å². The van der Waals surface area contributed by atoms with Gasteiger partial charge in [-0.05, 0) is 61.5 Å². The number of anilines is 1. The Morgan fingerprint density at radius 2 is 1.84 bits per heavy atom. The van der Waals surface area contributed by atoms with Crippen LogP contribution in [0.15, 0.2) is 36.7 Å². The summed E-state index contributed by atoms with van der Waals surface area (Å²) in [5.74, 6) is 7.77. The van der Waals surface area contributed by atoms with Gasteiger partial charge < -0.3 is 15.5 Å². The number of carbonyl (C=O) groups excluding carboxylic acids is 1. The first-order chi connectivity index (χ1) is 17.6. The SMILES string of the molecule is CC(C)c1cc(C#Cc2nn(C3CCN(C(=O)C=CCN(C)C)C3)c3ncnc(N)c23)cc(C(C)C)c1. The molecular weight excluding hydrogens is 462 g/mol. The predicted molar refractivity (Wildman–Crippen MR) is 148 cm³/mol. The maximum Gasteiger partial charge on any atom is 0.246 e. The molecule has 8 nitrogen and oxygen atoms in total. The van der Waals surface area contributed by atoms with E-state index in [9.17, 15) is 4.79 Å². The number of aromatic nitrogens is 4. The number of nitrogens with zero attached hydrogens (tertiary/aromatic N) is 6. The Morgan fingerprint density at radius 3 is 2.49 bits per heavy atom. The summed E-state index contributed by atoms with van der Waals surface area (Å²) >= 11 is 0. The molecule has 1 fully saturated rings. The second-order valence-corrected chi connectivity index (χ2v) is 10.6. The van der Waals surface area contributed by atoms with Crippen molar-refractivity contribution in [2.75, 3.05) is 39.5 Å². The lowest BCUT2D eigenvalue weighted by molar-refractivity contribution is -0.125. The van der Waals surface area contributed by atoms with Crippen LogP contribution in [0.5, 0.6) is 0 Å². The quantitative estimate of drug-likeness (QED) is 0.408. The molecule has 1 unspecified atom stereocenters. The topological polar surface area (TPSA) is 93.2 Å². The molecule has 37 heavy (non-hydrogen) atoms. The van der Waals surface area contributed by atoms with Crippen LogP contribution in [-0.2, 0) is 4.79 Å². The van der Waals surface area contributed by atoms with Crippen LogP contribution in [0.3, 0.4) is 0 Å². The van der Waals surface area contributed by atoms with Gasteiger partial charge in [0.1, 0.15) is 17.8 Å². The van der Waals surface area contributed by atoms with Gasteiger partial charge in [0, 0.05) is 31.3 Å². The number of carbonyl (C=O) groups is 1. The summed E-state index contributed by atoms with van der Waals surface area (Å²) in [6, 6.07) is 6.55. The number of fused-ring (bicyclic) bond motifs is 1. The van der Waals surface area contributed by atoms with Crippen molar-refractivity contribution >= 4 is 22.8 Å². The molecule has 0 bridgehead atoms. The Kier molecular flexibility index (Phi) is 7.94. The molecule has 2 N–H and O–H groups in total. The number of likely N-dealkylation sites (N-methyl/N-ethyl adjacent to an activating group) is 1. The molecule has 0 saturated carbocycles. The molecule has 194 valence electrons. The van der Waals surface area contributed by atoms with Crippen molar-refractivity contribution in [1.29, 1.82) is 0 Å². The third-order valence-electron chi connectivity index (χ3n) is 6.71. The predicted octanol–water partition coefficient (Wildman–Crippen LogP) is 3.95. The van der Waals surface area contributed by atoms with Gasteiger partial charge in [-0.3, -0.25) is 4.79 Å². The van der Waals surface area contributed by atoms with Crippen molar-refractivity contribution in [2.45, 2.75) is 52.0 Å². The number of nitrogens with two attached hydrogens (primary N) is 1. The Labute approximate surface area is 219 Å². The number of rotatable bonds is 6. The maximum absolute atomic E-state index is 12.7. The van der Waals surface area contributed by atoms with E-state index < -0.39 is 0 Å². The average molecular weight is 500 g/mol. The number of nitrogen functional groups attached to an aromatic ring is 1. The minimum absolute atomic E-state index is 0.00430. The van der Waals surface area contributed by atoms with Crippen LogP contribution >= 0.6 is 0 Å². The zero-order valence-electron chi connectivity index (χ0n) is 22.7. The number of likely N-dealkylation sites (tertiary alicyclic amines) is 1.